The number of carbonyl (C=O) groups is 1. The molecule has 24 heavy (non-hydrogen) atoms. The highest BCUT2D eigenvalue weighted by Crippen LogP contribution is 2.39. The highest BCUT2D eigenvalue weighted by molar-refractivity contribution is 7.88. The second-order valence-electron chi connectivity index (χ2n) is 7.14. The van der Waals surface area contributed by atoms with Crippen LogP contribution in [0, 0.1) is 5.92 Å². The van der Waals surface area contributed by atoms with Gasteiger partial charge in [0, 0.05) is 38.0 Å². The molecule has 8 nitrogen and oxygen atoms in total. The van der Waals surface area contributed by atoms with Gasteiger partial charge in [0.15, 0.2) is 5.82 Å². The maximum absolute atomic E-state index is 12.5. The molecule has 0 aromatic carbocycles. The molecule has 4 rings (SSSR count). The number of piperidine rings is 1. The molecule has 3 heterocycles. The Hall–Kier alpha value is -1.48. The lowest BCUT2D eigenvalue weighted by Gasteiger charge is -2.40. The first-order valence-corrected chi connectivity index (χ1v) is 10.3. The molecule has 2 aliphatic heterocycles. The van der Waals surface area contributed by atoms with E-state index < -0.39 is 10.0 Å². The summed E-state index contributed by atoms with van der Waals surface area (Å²) >= 11 is 0. The van der Waals surface area contributed by atoms with Crippen LogP contribution in [0.1, 0.15) is 49.2 Å². The normalized spacial score (nSPS) is 24.1. The lowest BCUT2D eigenvalue weighted by Crippen LogP contribution is -2.52. The fourth-order valence-corrected chi connectivity index (χ4v) is 4.30. The molecule has 0 unspecified atom stereocenters. The molecule has 0 spiro atoms. The number of amides is 1. The van der Waals surface area contributed by atoms with Gasteiger partial charge in [-0.2, -0.15) is 4.98 Å². The summed E-state index contributed by atoms with van der Waals surface area (Å²) < 4.78 is 29.8. The molecule has 2 saturated heterocycles. The predicted octanol–water partition coefficient (Wildman–Crippen LogP) is 0.544. The number of rotatable bonds is 4. The lowest BCUT2D eigenvalue weighted by molar-refractivity contribution is -0.141. The number of carbonyl (C=O) groups excluding carboxylic acids is 1. The summed E-state index contributed by atoms with van der Waals surface area (Å²) in [4.78, 5) is 18.8. The Morgan fingerprint density at radius 3 is 2.38 bits per heavy atom. The first-order chi connectivity index (χ1) is 11.4. The van der Waals surface area contributed by atoms with Crippen molar-refractivity contribution in [1.29, 1.82) is 0 Å². The SMILES string of the molecule is CS(=O)(=O)N1CCC(C(=O)N2CC(c3nc(C4CC4)no3)C2)CC1. The number of hydrogen-bond donors (Lipinski definition) is 0. The highest BCUT2D eigenvalue weighted by atomic mass is 32.2. The van der Waals surface area contributed by atoms with Crippen molar-refractivity contribution < 1.29 is 17.7 Å². The van der Waals surface area contributed by atoms with E-state index in [9.17, 15) is 13.2 Å². The Bertz CT molecular complexity index is 728. The third kappa shape index (κ3) is 3.06. The van der Waals surface area contributed by atoms with E-state index in [-0.39, 0.29) is 17.7 Å². The monoisotopic (exact) mass is 354 g/mol. The van der Waals surface area contributed by atoms with E-state index in [1.54, 1.807) is 0 Å². The molecule has 132 valence electrons. The Labute approximate surface area is 141 Å². The van der Waals surface area contributed by atoms with Crippen molar-refractivity contribution >= 4 is 15.9 Å². The van der Waals surface area contributed by atoms with E-state index in [1.807, 2.05) is 4.90 Å². The van der Waals surface area contributed by atoms with Crippen LogP contribution in [0.2, 0.25) is 0 Å². The summed E-state index contributed by atoms with van der Waals surface area (Å²) in [5, 5.41) is 4.02. The lowest BCUT2D eigenvalue weighted by atomic mass is 9.92. The van der Waals surface area contributed by atoms with Crippen LogP contribution < -0.4 is 0 Å². The van der Waals surface area contributed by atoms with E-state index in [4.69, 9.17) is 4.52 Å². The minimum absolute atomic E-state index is 0.0753. The third-order valence-electron chi connectivity index (χ3n) is 5.21. The van der Waals surface area contributed by atoms with Crippen molar-refractivity contribution in [1.82, 2.24) is 19.3 Å². The fourth-order valence-electron chi connectivity index (χ4n) is 3.43. The molecule has 0 radical (unpaired) electrons. The molecule has 3 fully saturated rings. The van der Waals surface area contributed by atoms with Gasteiger partial charge in [0.1, 0.15) is 0 Å². The van der Waals surface area contributed by atoms with Crippen molar-refractivity contribution in [2.75, 3.05) is 32.4 Å². The first kappa shape index (κ1) is 16.0. The van der Waals surface area contributed by atoms with Gasteiger partial charge in [-0.1, -0.05) is 5.16 Å². The molecule has 1 amide bonds. The second-order valence-corrected chi connectivity index (χ2v) is 9.12. The fraction of sp³-hybridized carbons (Fsp3) is 0.800. The predicted molar refractivity (Wildman–Crippen MR) is 84.7 cm³/mol. The summed E-state index contributed by atoms with van der Waals surface area (Å²) in [7, 11) is -3.15. The van der Waals surface area contributed by atoms with Crippen LogP contribution in [-0.4, -0.2) is 66.1 Å². The maximum Gasteiger partial charge on any atom is 0.233 e. The zero-order valence-corrected chi connectivity index (χ0v) is 14.5. The van der Waals surface area contributed by atoms with Crippen molar-refractivity contribution in [2.24, 2.45) is 5.92 Å². The Morgan fingerprint density at radius 1 is 1.12 bits per heavy atom. The van der Waals surface area contributed by atoms with Crippen molar-refractivity contribution in [3.05, 3.63) is 11.7 Å². The van der Waals surface area contributed by atoms with E-state index >= 15 is 0 Å². The molecule has 0 atom stereocenters. The molecule has 1 aliphatic carbocycles. The molecular formula is C15H22N4O4S. The molecule has 9 heteroatoms. The topological polar surface area (TPSA) is 96.6 Å². The van der Waals surface area contributed by atoms with E-state index in [2.05, 4.69) is 10.1 Å². The molecule has 1 aromatic heterocycles. The third-order valence-corrected chi connectivity index (χ3v) is 6.52. The van der Waals surface area contributed by atoms with Crippen LogP contribution in [0.3, 0.4) is 0 Å². The molecule has 1 saturated carbocycles. The van der Waals surface area contributed by atoms with Gasteiger partial charge in [0.25, 0.3) is 0 Å². The number of sulfonamides is 1. The van der Waals surface area contributed by atoms with Crippen molar-refractivity contribution in [3.63, 3.8) is 0 Å². The number of hydrogen-bond acceptors (Lipinski definition) is 6. The zero-order chi connectivity index (χ0) is 16.9. The summed E-state index contributed by atoms with van der Waals surface area (Å²) in [5.74, 6) is 2.12. The Kier molecular flexibility index (Phi) is 3.87. The van der Waals surface area contributed by atoms with Gasteiger partial charge in [0.2, 0.25) is 21.8 Å². The second kappa shape index (κ2) is 5.80. The summed E-state index contributed by atoms with van der Waals surface area (Å²) in [6.45, 7) is 2.11. The average Bonchev–Trinajstić information content (AvgIpc) is 3.24. The van der Waals surface area contributed by atoms with Gasteiger partial charge in [-0.25, -0.2) is 12.7 Å². The minimum atomic E-state index is -3.15. The van der Waals surface area contributed by atoms with Crippen LogP contribution in [0.4, 0.5) is 0 Å². The average molecular weight is 354 g/mol. The van der Waals surface area contributed by atoms with Crippen LogP contribution in [0.15, 0.2) is 4.52 Å². The quantitative estimate of drug-likeness (QED) is 0.783. The summed E-state index contributed by atoms with van der Waals surface area (Å²) in [5.41, 5.74) is 0. The summed E-state index contributed by atoms with van der Waals surface area (Å²) in [6.07, 6.45) is 4.69. The largest absolute Gasteiger partial charge is 0.341 e. The van der Waals surface area contributed by atoms with Gasteiger partial charge in [-0.15, -0.1) is 0 Å². The van der Waals surface area contributed by atoms with Crippen LogP contribution >= 0.6 is 0 Å². The van der Waals surface area contributed by atoms with Gasteiger partial charge in [-0.05, 0) is 25.7 Å². The zero-order valence-electron chi connectivity index (χ0n) is 13.7. The number of aromatic nitrogens is 2. The van der Waals surface area contributed by atoms with Crippen LogP contribution in [0.25, 0.3) is 0 Å². The van der Waals surface area contributed by atoms with E-state index in [0.29, 0.717) is 50.8 Å². The van der Waals surface area contributed by atoms with Gasteiger partial charge >= 0.3 is 0 Å². The van der Waals surface area contributed by atoms with Crippen LogP contribution in [0.5, 0.6) is 0 Å². The number of nitrogens with zero attached hydrogens (tertiary/aromatic N) is 4. The molecule has 1 aromatic rings. The molecule has 0 bridgehead atoms. The summed E-state index contributed by atoms with van der Waals surface area (Å²) in [6, 6.07) is 0. The molecular weight excluding hydrogens is 332 g/mol. The van der Waals surface area contributed by atoms with Crippen LogP contribution in [-0.2, 0) is 14.8 Å². The molecule has 3 aliphatic rings. The van der Waals surface area contributed by atoms with E-state index in [0.717, 1.165) is 18.7 Å². The van der Waals surface area contributed by atoms with Gasteiger partial charge in [-0.3, -0.25) is 4.79 Å². The standard InChI is InChI=1S/C15H22N4O4S/c1-24(21,22)19-6-4-11(5-7-19)15(20)18-8-12(9-18)14-16-13(17-23-14)10-2-3-10/h10-12H,2-9H2,1H3. The van der Waals surface area contributed by atoms with Gasteiger partial charge in [0.05, 0.1) is 12.2 Å². The number of likely N-dealkylation sites (tertiary alicyclic amines) is 1. The van der Waals surface area contributed by atoms with Gasteiger partial charge < -0.3 is 9.42 Å². The first-order valence-electron chi connectivity index (χ1n) is 8.49. The Morgan fingerprint density at radius 2 is 1.79 bits per heavy atom. The van der Waals surface area contributed by atoms with Crippen molar-refractivity contribution in [3.8, 4) is 0 Å². The van der Waals surface area contributed by atoms with Crippen molar-refractivity contribution in [2.45, 2.75) is 37.5 Å². The Balaban J connectivity index is 1.28. The maximum atomic E-state index is 12.5. The highest BCUT2D eigenvalue weighted by Gasteiger charge is 2.40. The van der Waals surface area contributed by atoms with E-state index in [1.165, 1.54) is 10.6 Å². The molecule has 0 N–H and O–H groups in total. The minimum Gasteiger partial charge on any atom is -0.341 e. The smallest absolute Gasteiger partial charge is 0.233 e.